The first-order valence-electron chi connectivity index (χ1n) is 6.81. The van der Waals surface area contributed by atoms with E-state index in [9.17, 15) is 4.79 Å². The molecule has 3 N–H and O–H groups in total. The number of benzene rings is 1. The van der Waals surface area contributed by atoms with E-state index in [1.807, 2.05) is 17.7 Å². The number of aryl methyl sites for hydroxylation is 2. The van der Waals surface area contributed by atoms with Gasteiger partial charge >= 0.3 is 0 Å². The van der Waals surface area contributed by atoms with Gasteiger partial charge in [0.25, 0.3) is 0 Å². The Labute approximate surface area is 123 Å². The number of nitrogens with one attached hydrogen (secondary N) is 1. The molecule has 0 saturated carbocycles. The summed E-state index contributed by atoms with van der Waals surface area (Å²) in [5, 5.41) is 2.84. The summed E-state index contributed by atoms with van der Waals surface area (Å²) in [5.74, 6) is 1.47. The molecule has 0 aliphatic heterocycles. The van der Waals surface area contributed by atoms with Gasteiger partial charge in [0, 0.05) is 37.1 Å². The van der Waals surface area contributed by atoms with E-state index in [0.29, 0.717) is 23.5 Å². The molecule has 0 radical (unpaired) electrons. The van der Waals surface area contributed by atoms with E-state index in [2.05, 4.69) is 10.3 Å². The van der Waals surface area contributed by atoms with Crippen LogP contribution in [0.4, 0.5) is 11.4 Å². The van der Waals surface area contributed by atoms with Crippen molar-refractivity contribution in [2.24, 2.45) is 0 Å². The Bertz CT molecular complexity index is 622. The molecule has 0 unspecified atom stereocenters. The highest BCUT2D eigenvalue weighted by Gasteiger charge is 2.08. The van der Waals surface area contributed by atoms with Crippen molar-refractivity contribution in [2.45, 2.75) is 26.3 Å². The Morgan fingerprint density at radius 3 is 2.95 bits per heavy atom. The van der Waals surface area contributed by atoms with Gasteiger partial charge in [0.05, 0.1) is 12.8 Å². The molecule has 112 valence electrons. The molecule has 2 aromatic rings. The van der Waals surface area contributed by atoms with Crippen LogP contribution in [-0.4, -0.2) is 22.6 Å². The third-order valence-electron chi connectivity index (χ3n) is 3.23. The number of carbonyl (C=O) groups is 1. The summed E-state index contributed by atoms with van der Waals surface area (Å²) in [4.78, 5) is 16.1. The van der Waals surface area contributed by atoms with Crippen LogP contribution in [0.25, 0.3) is 0 Å². The Kier molecular flexibility index (Phi) is 4.81. The highest BCUT2D eigenvalue weighted by atomic mass is 16.5. The number of nitrogens with zero attached hydrogens (tertiary/aromatic N) is 2. The molecular weight excluding hydrogens is 268 g/mol. The SMILES string of the molecule is COc1cc(N)ccc1NC(=O)CCCn1ccnc1C. The Morgan fingerprint density at radius 1 is 1.48 bits per heavy atom. The highest BCUT2D eigenvalue weighted by molar-refractivity contribution is 5.92. The second-order valence-electron chi connectivity index (χ2n) is 4.78. The second-order valence-corrected chi connectivity index (χ2v) is 4.78. The Hall–Kier alpha value is -2.50. The third kappa shape index (κ3) is 3.98. The van der Waals surface area contributed by atoms with E-state index >= 15 is 0 Å². The fraction of sp³-hybridized carbons (Fsp3) is 0.333. The molecule has 1 amide bonds. The number of anilines is 2. The molecule has 21 heavy (non-hydrogen) atoms. The topological polar surface area (TPSA) is 82.2 Å². The number of ether oxygens (including phenoxy) is 1. The average Bonchev–Trinajstić information content (AvgIpc) is 2.86. The summed E-state index contributed by atoms with van der Waals surface area (Å²) < 4.78 is 7.22. The van der Waals surface area contributed by atoms with Gasteiger partial charge in [-0.05, 0) is 25.5 Å². The molecule has 1 heterocycles. The van der Waals surface area contributed by atoms with E-state index in [4.69, 9.17) is 10.5 Å². The fourth-order valence-electron chi connectivity index (χ4n) is 2.07. The molecule has 0 atom stereocenters. The van der Waals surface area contributed by atoms with Gasteiger partial charge in [0.2, 0.25) is 5.91 Å². The van der Waals surface area contributed by atoms with Crippen molar-refractivity contribution in [2.75, 3.05) is 18.2 Å². The fourth-order valence-corrected chi connectivity index (χ4v) is 2.07. The third-order valence-corrected chi connectivity index (χ3v) is 3.23. The van der Waals surface area contributed by atoms with Crippen LogP contribution in [0.3, 0.4) is 0 Å². The minimum absolute atomic E-state index is 0.0455. The van der Waals surface area contributed by atoms with Crippen molar-refractivity contribution < 1.29 is 9.53 Å². The summed E-state index contributed by atoms with van der Waals surface area (Å²) in [6.45, 7) is 2.72. The van der Waals surface area contributed by atoms with Crippen LogP contribution in [0.5, 0.6) is 5.75 Å². The van der Waals surface area contributed by atoms with Gasteiger partial charge < -0.3 is 20.4 Å². The lowest BCUT2D eigenvalue weighted by Gasteiger charge is -2.11. The summed E-state index contributed by atoms with van der Waals surface area (Å²) in [7, 11) is 1.55. The molecule has 6 nitrogen and oxygen atoms in total. The monoisotopic (exact) mass is 288 g/mol. The van der Waals surface area contributed by atoms with Crippen molar-refractivity contribution in [1.29, 1.82) is 0 Å². The maximum Gasteiger partial charge on any atom is 0.224 e. The summed E-state index contributed by atoms with van der Waals surface area (Å²) >= 11 is 0. The predicted octanol–water partition coefficient (Wildman–Crippen LogP) is 2.20. The number of hydrogen-bond donors (Lipinski definition) is 2. The van der Waals surface area contributed by atoms with Crippen LogP contribution < -0.4 is 15.8 Å². The van der Waals surface area contributed by atoms with Gasteiger partial charge in [-0.3, -0.25) is 4.79 Å². The smallest absolute Gasteiger partial charge is 0.224 e. The molecule has 1 aromatic heterocycles. The van der Waals surface area contributed by atoms with Crippen LogP contribution in [0.2, 0.25) is 0 Å². The summed E-state index contributed by atoms with van der Waals surface area (Å²) in [6, 6.07) is 5.16. The predicted molar refractivity (Wildman–Crippen MR) is 82.2 cm³/mol. The molecule has 0 spiro atoms. The first-order chi connectivity index (χ1) is 10.1. The van der Waals surface area contributed by atoms with Crippen LogP contribution in [0.1, 0.15) is 18.7 Å². The molecule has 6 heteroatoms. The molecule has 0 aliphatic carbocycles. The number of nitrogen functional groups attached to an aromatic ring is 1. The van der Waals surface area contributed by atoms with E-state index in [0.717, 1.165) is 18.8 Å². The zero-order valence-corrected chi connectivity index (χ0v) is 12.3. The molecule has 0 aliphatic rings. The molecule has 0 saturated heterocycles. The van der Waals surface area contributed by atoms with Gasteiger partial charge in [-0.15, -0.1) is 0 Å². The first kappa shape index (κ1) is 14.9. The lowest BCUT2D eigenvalue weighted by Crippen LogP contribution is -2.13. The number of imidazole rings is 1. The van der Waals surface area contributed by atoms with Crippen LogP contribution in [0.15, 0.2) is 30.6 Å². The minimum Gasteiger partial charge on any atom is -0.494 e. The number of carbonyl (C=O) groups excluding carboxylic acids is 1. The van der Waals surface area contributed by atoms with Gasteiger partial charge in [-0.25, -0.2) is 4.98 Å². The molecule has 1 aromatic carbocycles. The molecule has 0 fully saturated rings. The second kappa shape index (κ2) is 6.78. The summed E-state index contributed by atoms with van der Waals surface area (Å²) in [6.07, 6.45) is 4.86. The van der Waals surface area contributed by atoms with Crippen molar-refractivity contribution in [1.82, 2.24) is 9.55 Å². The molecule has 2 rings (SSSR count). The quantitative estimate of drug-likeness (QED) is 0.798. The number of methoxy groups -OCH3 is 1. The average molecular weight is 288 g/mol. The van der Waals surface area contributed by atoms with Gasteiger partial charge in [-0.2, -0.15) is 0 Å². The zero-order chi connectivity index (χ0) is 15.2. The van der Waals surface area contributed by atoms with Gasteiger partial charge in [0.15, 0.2) is 0 Å². The normalized spacial score (nSPS) is 10.4. The Morgan fingerprint density at radius 2 is 2.29 bits per heavy atom. The zero-order valence-electron chi connectivity index (χ0n) is 12.3. The first-order valence-corrected chi connectivity index (χ1v) is 6.81. The molecule has 0 bridgehead atoms. The van der Waals surface area contributed by atoms with Crippen LogP contribution >= 0.6 is 0 Å². The standard InChI is InChI=1S/C15H20N4O2/c1-11-17-7-9-19(11)8-3-4-15(20)18-13-6-5-12(16)10-14(13)21-2/h5-7,9-10H,3-4,8,16H2,1-2H3,(H,18,20). The maximum atomic E-state index is 12.0. The largest absolute Gasteiger partial charge is 0.494 e. The van der Waals surface area contributed by atoms with Gasteiger partial charge in [0.1, 0.15) is 11.6 Å². The lowest BCUT2D eigenvalue weighted by molar-refractivity contribution is -0.116. The van der Waals surface area contributed by atoms with Crippen LogP contribution in [0, 0.1) is 6.92 Å². The number of rotatable bonds is 6. The van der Waals surface area contributed by atoms with Gasteiger partial charge in [-0.1, -0.05) is 0 Å². The number of nitrogens with two attached hydrogens (primary N) is 1. The van der Waals surface area contributed by atoms with E-state index < -0.39 is 0 Å². The van der Waals surface area contributed by atoms with E-state index in [1.165, 1.54) is 0 Å². The maximum absolute atomic E-state index is 12.0. The Balaban J connectivity index is 1.86. The van der Waals surface area contributed by atoms with E-state index in [1.54, 1.807) is 31.5 Å². The highest BCUT2D eigenvalue weighted by Crippen LogP contribution is 2.26. The van der Waals surface area contributed by atoms with Crippen molar-refractivity contribution in [3.8, 4) is 5.75 Å². The lowest BCUT2D eigenvalue weighted by atomic mass is 10.2. The van der Waals surface area contributed by atoms with Crippen LogP contribution in [-0.2, 0) is 11.3 Å². The minimum atomic E-state index is -0.0455. The van der Waals surface area contributed by atoms with Crippen molar-refractivity contribution in [3.05, 3.63) is 36.4 Å². The van der Waals surface area contributed by atoms with E-state index in [-0.39, 0.29) is 5.91 Å². The van der Waals surface area contributed by atoms with Crippen molar-refractivity contribution >= 4 is 17.3 Å². The number of aromatic nitrogens is 2. The number of hydrogen-bond acceptors (Lipinski definition) is 4. The molecular formula is C15H20N4O2. The van der Waals surface area contributed by atoms with Crippen molar-refractivity contribution in [3.63, 3.8) is 0 Å². The summed E-state index contributed by atoms with van der Waals surface area (Å²) in [5.41, 5.74) is 6.91. The number of amides is 1.